The number of nitrogens with zero attached hydrogens (tertiary/aromatic N) is 2. The van der Waals surface area contributed by atoms with E-state index in [-0.39, 0.29) is 18.2 Å². The molecule has 2 rings (SSSR count). The number of hydrogen-bond donors (Lipinski definition) is 0. The van der Waals surface area contributed by atoms with E-state index in [9.17, 15) is 9.59 Å². The van der Waals surface area contributed by atoms with E-state index < -0.39 is 5.54 Å². The zero-order valence-electron chi connectivity index (χ0n) is 13.0. The molecule has 5 heteroatoms. The van der Waals surface area contributed by atoms with E-state index in [2.05, 4.69) is 0 Å². The first-order chi connectivity index (χ1) is 9.86. The number of Topliss-reactive ketones (excluding diaryl/α,β-unsaturated/α-hetero) is 1. The van der Waals surface area contributed by atoms with Gasteiger partial charge in [0, 0.05) is 25.7 Å². The molecule has 0 aromatic heterocycles. The molecule has 5 nitrogen and oxygen atoms in total. The van der Waals surface area contributed by atoms with Crippen LogP contribution >= 0.6 is 0 Å². The Balaban J connectivity index is 2.09. The maximum absolute atomic E-state index is 12.4. The summed E-state index contributed by atoms with van der Waals surface area (Å²) in [6.07, 6.45) is 0. The molecule has 0 unspecified atom stereocenters. The molecule has 114 valence electrons. The lowest BCUT2D eigenvalue weighted by Gasteiger charge is -2.44. The highest BCUT2D eigenvalue weighted by Gasteiger charge is 2.40. The highest BCUT2D eigenvalue weighted by atomic mass is 16.5. The fourth-order valence-corrected chi connectivity index (χ4v) is 2.57. The first kappa shape index (κ1) is 15.5. The average Bonchev–Trinajstić information content (AvgIpc) is 2.48. The summed E-state index contributed by atoms with van der Waals surface area (Å²) in [4.78, 5) is 28.3. The molecule has 1 fully saturated rings. The van der Waals surface area contributed by atoms with Gasteiger partial charge in [-0.05, 0) is 38.1 Å². The molecule has 0 radical (unpaired) electrons. The first-order valence-corrected chi connectivity index (χ1v) is 7.04. The Kier molecular flexibility index (Phi) is 4.32. The second kappa shape index (κ2) is 5.85. The van der Waals surface area contributed by atoms with Gasteiger partial charge < -0.3 is 9.64 Å². The zero-order chi connectivity index (χ0) is 15.6. The van der Waals surface area contributed by atoms with Gasteiger partial charge in [-0.25, -0.2) is 0 Å². The Labute approximate surface area is 125 Å². The van der Waals surface area contributed by atoms with Gasteiger partial charge in [0.15, 0.2) is 5.78 Å². The number of methoxy groups -OCH3 is 1. The number of piperazine rings is 1. The molecule has 1 aliphatic heterocycles. The molecule has 1 aromatic carbocycles. The highest BCUT2D eigenvalue weighted by Crippen LogP contribution is 2.22. The molecule has 0 aliphatic carbocycles. The third-order valence-electron chi connectivity index (χ3n) is 4.11. The number of hydrogen-bond acceptors (Lipinski definition) is 4. The van der Waals surface area contributed by atoms with Gasteiger partial charge in [0.25, 0.3) is 0 Å². The van der Waals surface area contributed by atoms with Crippen molar-refractivity contribution in [3.8, 4) is 5.75 Å². The lowest BCUT2D eigenvalue weighted by molar-refractivity contribution is -0.146. The molecule has 0 saturated carbocycles. The van der Waals surface area contributed by atoms with Crippen LogP contribution in [0.1, 0.15) is 24.2 Å². The van der Waals surface area contributed by atoms with E-state index in [1.165, 1.54) is 0 Å². The standard InChI is InChI=1S/C16H22N2O3/c1-16(2)15(20)17(3)9-10-18(16)11-14(19)12-5-7-13(21-4)8-6-12/h5-8H,9-11H2,1-4H3. The summed E-state index contributed by atoms with van der Waals surface area (Å²) in [5.74, 6) is 0.793. The van der Waals surface area contributed by atoms with E-state index in [0.717, 1.165) is 5.75 Å². The minimum Gasteiger partial charge on any atom is -0.497 e. The van der Waals surface area contributed by atoms with Crippen molar-refractivity contribution in [1.29, 1.82) is 0 Å². The SMILES string of the molecule is COc1ccc(C(=O)CN2CCN(C)C(=O)C2(C)C)cc1. The van der Waals surface area contributed by atoms with Crippen molar-refractivity contribution in [3.05, 3.63) is 29.8 Å². The second-order valence-corrected chi connectivity index (χ2v) is 5.86. The van der Waals surface area contributed by atoms with E-state index in [1.54, 1.807) is 43.3 Å². The van der Waals surface area contributed by atoms with Gasteiger partial charge >= 0.3 is 0 Å². The van der Waals surface area contributed by atoms with Crippen LogP contribution in [0.5, 0.6) is 5.75 Å². The molecule has 1 aromatic rings. The molecule has 1 heterocycles. The normalized spacial score (nSPS) is 18.7. The molecule has 21 heavy (non-hydrogen) atoms. The predicted octanol–water partition coefficient (Wildman–Crippen LogP) is 1.43. The van der Waals surface area contributed by atoms with Gasteiger partial charge in [-0.2, -0.15) is 0 Å². The van der Waals surface area contributed by atoms with E-state index in [4.69, 9.17) is 4.74 Å². The highest BCUT2D eigenvalue weighted by molar-refractivity contribution is 5.98. The minimum absolute atomic E-state index is 0.0167. The van der Waals surface area contributed by atoms with Crippen LogP contribution in [0.25, 0.3) is 0 Å². The average molecular weight is 290 g/mol. The third-order valence-corrected chi connectivity index (χ3v) is 4.11. The first-order valence-electron chi connectivity index (χ1n) is 7.04. The Morgan fingerprint density at radius 2 is 1.86 bits per heavy atom. The largest absolute Gasteiger partial charge is 0.497 e. The Bertz CT molecular complexity index is 537. The lowest BCUT2D eigenvalue weighted by atomic mass is 9.96. The number of benzene rings is 1. The topological polar surface area (TPSA) is 49.9 Å². The van der Waals surface area contributed by atoms with Gasteiger partial charge in [0.05, 0.1) is 19.2 Å². The number of amides is 1. The van der Waals surface area contributed by atoms with Crippen LogP contribution in [0.4, 0.5) is 0 Å². The summed E-state index contributed by atoms with van der Waals surface area (Å²) in [5.41, 5.74) is -0.00670. The summed E-state index contributed by atoms with van der Waals surface area (Å²) >= 11 is 0. The van der Waals surface area contributed by atoms with Crippen LogP contribution in [0.15, 0.2) is 24.3 Å². The summed E-state index contributed by atoms with van der Waals surface area (Å²) in [7, 11) is 3.39. The predicted molar refractivity (Wildman–Crippen MR) is 80.6 cm³/mol. The summed E-state index contributed by atoms with van der Waals surface area (Å²) < 4.78 is 5.09. The van der Waals surface area contributed by atoms with E-state index in [1.807, 2.05) is 18.7 Å². The number of ether oxygens (including phenoxy) is 1. The van der Waals surface area contributed by atoms with Crippen LogP contribution < -0.4 is 4.74 Å². The fourth-order valence-electron chi connectivity index (χ4n) is 2.57. The molecule has 0 bridgehead atoms. The van der Waals surface area contributed by atoms with Gasteiger partial charge in [-0.1, -0.05) is 0 Å². The second-order valence-electron chi connectivity index (χ2n) is 5.86. The van der Waals surface area contributed by atoms with Crippen LogP contribution in [0, 0.1) is 0 Å². The minimum atomic E-state index is -0.644. The monoisotopic (exact) mass is 290 g/mol. The van der Waals surface area contributed by atoms with Crippen molar-refractivity contribution in [2.45, 2.75) is 19.4 Å². The Morgan fingerprint density at radius 3 is 2.43 bits per heavy atom. The van der Waals surface area contributed by atoms with Gasteiger partial charge in [0.2, 0.25) is 5.91 Å². The molecule has 0 N–H and O–H groups in total. The van der Waals surface area contributed by atoms with Crippen molar-refractivity contribution < 1.29 is 14.3 Å². The third kappa shape index (κ3) is 3.08. The molecule has 1 amide bonds. The molecule has 1 saturated heterocycles. The number of ketones is 1. The van der Waals surface area contributed by atoms with E-state index in [0.29, 0.717) is 18.7 Å². The smallest absolute Gasteiger partial charge is 0.242 e. The lowest BCUT2D eigenvalue weighted by Crippen LogP contribution is -2.62. The van der Waals surface area contributed by atoms with Crippen LogP contribution in [-0.2, 0) is 4.79 Å². The Morgan fingerprint density at radius 1 is 1.24 bits per heavy atom. The molecule has 0 spiro atoms. The number of carbonyl (C=O) groups excluding carboxylic acids is 2. The molecule has 1 aliphatic rings. The quantitative estimate of drug-likeness (QED) is 0.787. The number of likely N-dealkylation sites (N-methyl/N-ethyl adjacent to an activating group) is 1. The van der Waals surface area contributed by atoms with Crippen molar-refractivity contribution in [2.75, 3.05) is 33.8 Å². The van der Waals surface area contributed by atoms with Gasteiger partial charge in [-0.3, -0.25) is 14.5 Å². The molecular formula is C16H22N2O3. The summed E-state index contributed by atoms with van der Waals surface area (Å²) in [5, 5.41) is 0. The van der Waals surface area contributed by atoms with Crippen molar-refractivity contribution in [2.24, 2.45) is 0 Å². The van der Waals surface area contributed by atoms with Gasteiger partial charge in [0.1, 0.15) is 5.75 Å². The maximum atomic E-state index is 12.4. The van der Waals surface area contributed by atoms with Crippen molar-refractivity contribution in [1.82, 2.24) is 9.80 Å². The number of carbonyl (C=O) groups is 2. The van der Waals surface area contributed by atoms with E-state index >= 15 is 0 Å². The van der Waals surface area contributed by atoms with Crippen LogP contribution in [0.3, 0.4) is 0 Å². The number of rotatable bonds is 4. The zero-order valence-corrected chi connectivity index (χ0v) is 13.0. The summed E-state index contributed by atoms with van der Waals surface area (Å²) in [6, 6.07) is 7.05. The summed E-state index contributed by atoms with van der Waals surface area (Å²) in [6.45, 7) is 5.34. The van der Waals surface area contributed by atoms with Crippen molar-refractivity contribution in [3.63, 3.8) is 0 Å². The van der Waals surface area contributed by atoms with Crippen molar-refractivity contribution >= 4 is 11.7 Å². The van der Waals surface area contributed by atoms with Gasteiger partial charge in [-0.15, -0.1) is 0 Å². The molecular weight excluding hydrogens is 268 g/mol. The molecule has 0 atom stereocenters. The van der Waals surface area contributed by atoms with Crippen LogP contribution in [0.2, 0.25) is 0 Å². The maximum Gasteiger partial charge on any atom is 0.242 e. The Hall–Kier alpha value is -1.88. The van der Waals surface area contributed by atoms with Crippen LogP contribution in [-0.4, -0.2) is 60.8 Å². The fraction of sp³-hybridized carbons (Fsp3) is 0.500.